The minimum atomic E-state index is -0.278. The first kappa shape index (κ1) is 24.8. The summed E-state index contributed by atoms with van der Waals surface area (Å²) in [7, 11) is 3.01. The molecule has 1 aliphatic carbocycles. The van der Waals surface area contributed by atoms with E-state index in [0.29, 0.717) is 24.3 Å². The van der Waals surface area contributed by atoms with Crippen molar-refractivity contribution in [1.29, 1.82) is 0 Å². The largest absolute Gasteiger partial charge is 0.497 e. The second kappa shape index (κ2) is 10.1. The molecule has 0 N–H and O–H groups in total. The predicted molar refractivity (Wildman–Crippen MR) is 136 cm³/mol. The number of hydrogen-bond donors (Lipinski definition) is 0. The Morgan fingerprint density at radius 2 is 1.74 bits per heavy atom. The van der Waals surface area contributed by atoms with Crippen molar-refractivity contribution in [2.75, 3.05) is 14.2 Å². The summed E-state index contributed by atoms with van der Waals surface area (Å²) in [4.78, 5) is 11.8. The van der Waals surface area contributed by atoms with Crippen LogP contribution in [0.4, 0.5) is 4.39 Å². The Balaban J connectivity index is 1.58. The molecular weight excluding hydrogens is 443 g/mol. The molecule has 5 heteroatoms. The van der Waals surface area contributed by atoms with Gasteiger partial charge in [-0.25, -0.2) is 4.39 Å². The first-order valence-electron chi connectivity index (χ1n) is 12.0. The van der Waals surface area contributed by atoms with E-state index in [9.17, 15) is 9.18 Å². The van der Waals surface area contributed by atoms with Gasteiger partial charge in [0.1, 0.15) is 23.9 Å². The molecule has 0 spiro atoms. The molecule has 4 nitrogen and oxygen atoms in total. The van der Waals surface area contributed by atoms with Gasteiger partial charge in [-0.3, -0.25) is 4.79 Å². The Labute approximate surface area is 207 Å². The van der Waals surface area contributed by atoms with Gasteiger partial charge in [0.05, 0.1) is 20.6 Å². The topological polar surface area (TPSA) is 44.8 Å². The van der Waals surface area contributed by atoms with Gasteiger partial charge < -0.3 is 14.2 Å². The van der Waals surface area contributed by atoms with E-state index in [1.807, 2.05) is 18.2 Å². The van der Waals surface area contributed by atoms with Crippen molar-refractivity contribution in [3.05, 3.63) is 82.7 Å². The molecule has 1 atom stereocenters. The average molecular weight is 477 g/mol. The summed E-state index contributed by atoms with van der Waals surface area (Å²) < 4.78 is 31.1. The average Bonchev–Trinajstić information content (AvgIpc) is 3.24. The van der Waals surface area contributed by atoms with Crippen LogP contribution in [0.1, 0.15) is 61.8 Å². The van der Waals surface area contributed by atoms with E-state index in [4.69, 9.17) is 14.2 Å². The number of halogens is 1. The highest BCUT2D eigenvalue weighted by Gasteiger charge is 2.26. The normalized spacial score (nSPS) is 15.0. The third-order valence-electron chi connectivity index (χ3n) is 6.72. The second-order valence-electron chi connectivity index (χ2n) is 10.1. The highest BCUT2D eigenvalue weighted by molar-refractivity contribution is 5.72. The Morgan fingerprint density at radius 1 is 0.971 bits per heavy atom. The number of methoxy groups -OCH3 is 2. The lowest BCUT2D eigenvalue weighted by Crippen LogP contribution is -2.14. The first-order valence-corrected chi connectivity index (χ1v) is 12.0. The first-order chi connectivity index (χ1) is 16.7. The van der Waals surface area contributed by atoms with Gasteiger partial charge in [0.15, 0.2) is 0 Å². The maximum Gasteiger partial charge on any atom is 0.306 e. The Morgan fingerprint density at radius 3 is 2.46 bits per heavy atom. The number of benzene rings is 3. The zero-order valence-corrected chi connectivity index (χ0v) is 21.1. The maximum atomic E-state index is 14.8. The van der Waals surface area contributed by atoms with E-state index in [1.54, 1.807) is 19.2 Å². The summed E-state index contributed by atoms with van der Waals surface area (Å²) >= 11 is 0. The lowest BCUT2D eigenvalue weighted by Gasteiger charge is -2.24. The Hall–Kier alpha value is -3.34. The van der Waals surface area contributed by atoms with Gasteiger partial charge in [-0.2, -0.15) is 0 Å². The summed E-state index contributed by atoms with van der Waals surface area (Å²) in [6, 6.07) is 17.0. The third-order valence-corrected chi connectivity index (χ3v) is 6.72. The van der Waals surface area contributed by atoms with E-state index >= 15 is 0 Å². The zero-order chi connectivity index (χ0) is 25.2. The molecule has 3 aromatic carbocycles. The summed E-state index contributed by atoms with van der Waals surface area (Å²) in [5.74, 6) is 1.11. The molecule has 1 aliphatic rings. The van der Waals surface area contributed by atoms with Crippen LogP contribution in [0, 0.1) is 5.82 Å². The molecule has 0 amide bonds. The lowest BCUT2D eigenvalue weighted by molar-refractivity contribution is -0.141. The second-order valence-corrected chi connectivity index (χ2v) is 10.1. The molecule has 4 rings (SSSR count). The highest BCUT2D eigenvalue weighted by Crippen LogP contribution is 2.39. The van der Waals surface area contributed by atoms with E-state index in [1.165, 1.54) is 24.3 Å². The molecule has 0 fully saturated rings. The van der Waals surface area contributed by atoms with Crippen LogP contribution >= 0.6 is 0 Å². The van der Waals surface area contributed by atoms with E-state index in [2.05, 4.69) is 39.0 Å². The van der Waals surface area contributed by atoms with Crippen molar-refractivity contribution in [2.45, 2.75) is 58.0 Å². The molecule has 0 saturated carbocycles. The summed E-state index contributed by atoms with van der Waals surface area (Å²) in [5.41, 5.74) is 5.66. The van der Waals surface area contributed by atoms with Crippen LogP contribution in [-0.4, -0.2) is 20.2 Å². The third kappa shape index (κ3) is 5.50. The SMILES string of the molecule is COC(=O)C[C@@H]1CCc2ccc(OCc3ccc(-c4cc(OC)ccc4F)c(C(C)(C)C)c3)cc21. The number of aryl methyl sites for hydroxylation is 1. The zero-order valence-electron chi connectivity index (χ0n) is 21.1. The molecule has 0 saturated heterocycles. The van der Waals surface area contributed by atoms with Crippen LogP contribution in [0.3, 0.4) is 0 Å². The van der Waals surface area contributed by atoms with Crippen LogP contribution in [0.25, 0.3) is 11.1 Å². The fourth-order valence-electron chi connectivity index (χ4n) is 4.79. The molecular formula is C30H33FO4. The minimum Gasteiger partial charge on any atom is -0.497 e. The van der Waals surface area contributed by atoms with Gasteiger partial charge in [-0.05, 0) is 82.3 Å². The standard InChI is InChI=1S/C30H33FO4/c1-30(2,3)27-14-19(6-12-24(27)26-16-22(33-4)11-13-28(26)31)18-35-23-10-9-20-7-8-21(25(20)17-23)15-29(32)34-5/h6,9-14,16-17,21H,7-8,15,18H2,1-5H3/t21-/m0/s1. The van der Waals surface area contributed by atoms with Gasteiger partial charge in [0, 0.05) is 5.56 Å². The molecule has 0 radical (unpaired) electrons. The number of esters is 1. The lowest BCUT2D eigenvalue weighted by atomic mass is 9.81. The minimum absolute atomic E-state index is 0.172. The highest BCUT2D eigenvalue weighted by atomic mass is 19.1. The van der Waals surface area contributed by atoms with Crippen molar-refractivity contribution in [3.8, 4) is 22.6 Å². The maximum absolute atomic E-state index is 14.8. The van der Waals surface area contributed by atoms with Crippen LogP contribution in [0.2, 0.25) is 0 Å². The molecule has 0 aromatic heterocycles. The van der Waals surface area contributed by atoms with Crippen molar-refractivity contribution in [1.82, 2.24) is 0 Å². The quantitative estimate of drug-likeness (QED) is 0.346. The Kier molecular flexibility index (Phi) is 7.15. The van der Waals surface area contributed by atoms with Gasteiger partial charge in [0.2, 0.25) is 0 Å². The van der Waals surface area contributed by atoms with Crippen LogP contribution < -0.4 is 9.47 Å². The van der Waals surface area contributed by atoms with E-state index in [-0.39, 0.29) is 23.1 Å². The molecule has 35 heavy (non-hydrogen) atoms. The van der Waals surface area contributed by atoms with Crippen molar-refractivity contribution in [3.63, 3.8) is 0 Å². The Bertz CT molecular complexity index is 1230. The van der Waals surface area contributed by atoms with Crippen molar-refractivity contribution in [2.24, 2.45) is 0 Å². The van der Waals surface area contributed by atoms with Crippen LogP contribution in [0.5, 0.6) is 11.5 Å². The molecule has 3 aromatic rings. The summed E-state index contributed by atoms with van der Waals surface area (Å²) in [6.45, 7) is 6.76. The monoisotopic (exact) mass is 476 g/mol. The van der Waals surface area contributed by atoms with Gasteiger partial charge in [-0.1, -0.05) is 45.0 Å². The molecule has 0 unspecified atom stereocenters. The number of rotatable bonds is 7. The molecule has 0 heterocycles. The van der Waals surface area contributed by atoms with Crippen LogP contribution in [-0.2, 0) is 28.0 Å². The number of carbonyl (C=O) groups excluding carboxylic acids is 1. The number of carbonyl (C=O) groups is 1. The van der Waals surface area contributed by atoms with Gasteiger partial charge >= 0.3 is 5.97 Å². The van der Waals surface area contributed by atoms with Crippen molar-refractivity contribution < 1.29 is 23.4 Å². The number of fused-ring (bicyclic) bond motifs is 1. The smallest absolute Gasteiger partial charge is 0.306 e. The van der Waals surface area contributed by atoms with E-state index in [0.717, 1.165) is 35.3 Å². The van der Waals surface area contributed by atoms with Crippen molar-refractivity contribution >= 4 is 5.97 Å². The number of hydrogen-bond acceptors (Lipinski definition) is 4. The van der Waals surface area contributed by atoms with Gasteiger partial charge in [-0.15, -0.1) is 0 Å². The summed E-state index contributed by atoms with van der Waals surface area (Å²) in [5, 5.41) is 0. The van der Waals surface area contributed by atoms with Crippen LogP contribution in [0.15, 0.2) is 54.6 Å². The molecule has 0 aliphatic heterocycles. The molecule has 0 bridgehead atoms. The molecule has 184 valence electrons. The fraction of sp³-hybridized carbons (Fsp3) is 0.367. The number of ether oxygens (including phenoxy) is 3. The fourth-order valence-corrected chi connectivity index (χ4v) is 4.79. The predicted octanol–water partition coefficient (Wildman–Crippen LogP) is 6.97. The van der Waals surface area contributed by atoms with Gasteiger partial charge in [0.25, 0.3) is 0 Å². The van der Waals surface area contributed by atoms with E-state index < -0.39 is 0 Å². The summed E-state index contributed by atoms with van der Waals surface area (Å²) in [6.07, 6.45) is 2.31.